The molecule has 0 radical (unpaired) electrons. The van der Waals surface area contributed by atoms with Crippen LogP contribution in [0.5, 0.6) is 0 Å². The number of hydrogen-bond acceptors (Lipinski definition) is 4. The number of nitrogens with two attached hydrogens (primary N) is 1. The molecule has 2 amide bonds. The normalized spacial score (nSPS) is 11.2. The Morgan fingerprint density at radius 1 is 1.23 bits per heavy atom. The summed E-state index contributed by atoms with van der Waals surface area (Å²) in [7, 11) is -3.88. The van der Waals surface area contributed by atoms with E-state index in [2.05, 4.69) is 4.72 Å². The van der Waals surface area contributed by atoms with Gasteiger partial charge in [0.05, 0.1) is 11.3 Å². The molecule has 122 valence electrons. The number of amides is 2. The molecule has 1 aromatic rings. The Kier molecular flexibility index (Phi) is 6.55. The average molecular weight is 326 g/mol. The highest BCUT2D eigenvalue weighted by molar-refractivity contribution is 7.90. The van der Waals surface area contributed by atoms with Gasteiger partial charge in [-0.3, -0.25) is 9.59 Å². The van der Waals surface area contributed by atoms with E-state index in [0.29, 0.717) is 17.5 Å². The number of primary amides is 1. The zero-order valence-corrected chi connectivity index (χ0v) is 13.7. The number of sulfonamides is 1. The van der Waals surface area contributed by atoms with Gasteiger partial charge in [0.1, 0.15) is 0 Å². The second-order valence-electron chi connectivity index (χ2n) is 5.22. The van der Waals surface area contributed by atoms with Gasteiger partial charge in [-0.15, -0.1) is 0 Å². The topological polar surface area (TPSA) is 106 Å². The molecule has 3 N–H and O–H groups in total. The number of hydrogen-bond donors (Lipinski definition) is 2. The Morgan fingerprint density at radius 3 is 2.45 bits per heavy atom. The molecule has 1 rings (SSSR count). The van der Waals surface area contributed by atoms with Crippen molar-refractivity contribution in [3.05, 3.63) is 29.3 Å². The molecule has 0 aliphatic rings. The third-order valence-electron chi connectivity index (χ3n) is 3.24. The fourth-order valence-electron chi connectivity index (χ4n) is 2.02. The van der Waals surface area contributed by atoms with Crippen LogP contribution in [0.1, 0.15) is 43.7 Å². The highest BCUT2D eigenvalue weighted by atomic mass is 32.2. The first-order chi connectivity index (χ1) is 10.3. The van der Waals surface area contributed by atoms with Crippen molar-refractivity contribution in [2.45, 2.75) is 50.8 Å². The first kappa shape index (κ1) is 18.2. The van der Waals surface area contributed by atoms with E-state index in [4.69, 9.17) is 5.73 Å². The van der Waals surface area contributed by atoms with Gasteiger partial charge < -0.3 is 5.73 Å². The maximum atomic E-state index is 12.1. The van der Waals surface area contributed by atoms with Crippen LogP contribution in [0.25, 0.3) is 0 Å². The lowest BCUT2D eigenvalue weighted by molar-refractivity contribution is -0.119. The number of rotatable bonds is 8. The van der Waals surface area contributed by atoms with Gasteiger partial charge in [0.25, 0.3) is 10.0 Å². The summed E-state index contributed by atoms with van der Waals surface area (Å²) in [5.41, 5.74) is 6.43. The fourth-order valence-corrected chi connectivity index (χ4v) is 3.12. The molecular weight excluding hydrogens is 304 g/mol. The SMILES string of the molecule is CCCCCC(=O)NS(=O)(=O)c1ccc(CC(N)=O)c(C)c1. The van der Waals surface area contributed by atoms with Crippen LogP contribution in [-0.2, 0) is 26.0 Å². The van der Waals surface area contributed by atoms with Gasteiger partial charge in [0.2, 0.25) is 11.8 Å². The van der Waals surface area contributed by atoms with Crippen LogP contribution in [-0.4, -0.2) is 20.2 Å². The predicted octanol–water partition coefficient (Wildman–Crippen LogP) is 1.41. The van der Waals surface area contributed by atoms with E-state index < -0.39 is 21.8 Å². The molecule has 1 aromatic carbocycles. The summed E-state index contributed by atoms with van der Waals surface area (Å²) in [6.45, 7) is 3.70. The Balaban J connectivity index is 2.83. The first-order valence-corrected chi connectivity index (χ1v) is 8.68. The lowest BCUT2D eigenvalue weighted by Gasteiger charge is -2.09. The zero-order valence-electron chi connectivity index (χ0n) is 12.9. The lowest BCUT2D eigenvalue weighted by Crippen LogP contribution is -2.30. The lowest BCUT2D eigenvalue weighted by atomic mass is 10.1. The van der Waals surface area contributed by atoms with Gasteiger partial charge in [0, 0.05) is 6.42 Å². The van der Waals surface area contributed by atoms with Crippen molar-refractivity contribution < 1.29 is 18.0 Å². The highest BCUT2D eigenvalue weighted by Crippen LogP contribution is 2.16. The minimum Gasteiger partial charge on any atom is -0.369 e. The van der Waals surface area contributed by atoms with Crippen molar-refractivity contribution in [2.75, 3.05) is 0 Å². The molecule has 0 bridgehead atoms. The quantitative estimate of drug-likeness (QED) is 0.704. The van der Waals surface area contributed by atoms with E-state index in [-0.39, 0.29) is 17.7 Å². The molecule has 0 unspecified atom stereocenters. The van der Waals surface area contributed by atoms with E-state index in [1.165, 1.54) is 18.2 Å². The molecule has 0 aromatic heterocycles. The average Bonchev–Trinajstić information content (AvgIpc) is 2.40. The van der Waals surface area contributed by atoms with Crippen molar-refractivity contribution >= 4 is 21.8 Å². The second kappa shape index (κ2) is 7.93. The summed E-state index contributed by atoms with van der Waals surface area (Å²) < 4.78 is 26.3. The number of aryl methyl sites for hydroxylation is 1. The van der Waals surface area contributed by atoms with Crippen LogP contribution in [0.2, 0.25) is 0 Å². The second-order valence-corrected chi connectivity index (χ2v) is 6.90. The van der Waals surface area contributed by atoms with Crippen molar-refractivity contribution in [3.8, 4) is 0 Å². The smallest absolute Gasteiger partial charge is 0.264 e. The van der Waals surface area contributed by atoms with Crippen LogP contribution in [0.4, 0.5) is 0 Å². The van der Waals surface area contributed by atoms with Crippen molar-refractivity contribution in [2.24, 2.45) is 5.73 Å². The number of nitrogens with one attached hydrogen (secondary N) is 1. The molecule has 0 spiro atoms. The molecule has 6 nitrogen and oxygen atoms in total. The molecule has 0 saturated carbocycles. The summed E-state index contributed by atoms with van der Waals surface area (Å²) in [5, 5.41) is 0. The van der Waals surface area contributed by atoms with E-state index in [1.54, 1.807) is 6.92 Å². The van der Waals surface area contributed by atoms with E-state index in [9.17, 15) is 18.0 Å². The summed E-state index contributed by atoms with van der Waals surface area (Å²) >= 11 is 0. The third kappa shape index (κ3) is 5.48. The van der Waals surface area contributed by atoms with Gasteiger partial charge in [-0.1, -0.05) is 25.8 Å². The maximum Gasteiger partial charge on any atom is 0.264 e. The van der Waals surface area contributed by atoms with Crippen molar-refractivity contribution in [1.29, 1.82) is 0 Å². The Labute approximate surface area is 131 Å². The van der Waals surface area contributed by atoms with Gasteiger partial charge in [-0.05, 0) is 36.6 Å². The largest absolute Gasteiger partial charge is 0.369 e. The molecule has 22 heavy (non-hydrogen) atoms. The maximum absolute atomic E-state index is 12.1. The molecule has 0 aliphatic carbocycles. The van der Waals surface area contributed by atoms with Crippen LogP contribution >= 0.6 is 0 Å². The van der Waals surface area contributed by atoms with Gasteiger partial charge in [-0.25, -0.2) is 13.1 Å². The monoisotopic (exact) mass is 326 g/mol. The van der Waals surface area contributed by atoms with Gasteiger partial charge in [0.15, 0.2) is 0 Å². The van der Waals surface area contributed by atoms with E-state index in [1.807, 2.05) is 6.92 Å². The van der Waals surface area contributed by atoms with Gasteiger partial charge >= 0.3 is 0 Å². The molecule has 0 atom stereocenters. The van der Waals surface area contributed by atoms with E-state index in [0.717, 1.165) is 12.8 Å². The molecule has 0 saturated heterocycles. The number of unbranched alkanes of at least 4 members (excludes halogenated alkanes) is 2. The van der Waals surface area contributed by atoms with Crippen LogP contribution < -0.4 is 10.5 Å². The summed E-state index contributed by atoms with van der Waals surface area (Å²) in [5.74, 6) is -0.991. The Hall–Kier alpha value is -1.89. The number of benzene rings is 1. The molecular formula is C15H22N2O4S. The minimum atomic E-state index is -3.88. The zero-order chi connectivity index (χ0) is 16.8. The minimum absolute atomic E-state index is 0.00191. The van der Waals surface area contributed by atoms with Crippen LogP contribution in [0, 0.1) is 6.92 Å². The molecule has 0 heterocycles. The van der Waals surface area contributed by atoms with E-state index >= 15 is 0 Å². The predicted molar refractivity (Wildman–Crippen MR) is 83.5 cm³/mol. The fraction of sp³-hybridized carbons (Fsp3) is 0.467. The molecule has 0 aliphatic heterocycles. The van der Waals surface area contributed by atoms with Crippen LogP contribution in [0.3, 0.4) is 0 Å². The summed E-state index contributed by atoms with van der Waals surface area (Å²) in [6, 6.07) is 4.34. The summed E-state index contributed by atoms with van der Waals surface area (Å²) in [4.78, 5) is 22.6. The molecule has 7 heteroatoms. The Bertz CT molecular complexity index is 654. The van der Waals surface area contributed by atoms with Crippen molar-refractivity contribution in [3.63, 3.8) is 0 Å². The standard InChI is InChI=1S/C15H22N2O4S/c1-3-4-5-6-15(19)17-22(20,21)13-8-7-12(10-14(16)18)11(2)9-13/h7-9H,3-6,10H2,1-2H3,(H2,16,18)(H,17,19). The molecule has 0 fully saturated rings. The number of carbonyl (C=O) groups is 2. The highest BCUT2D eigenvalue weighted by Gasteiger charge is 2.18. The summed E-state index contributed by atoms with van der Waals surface area (Å²) in [6.07, 6.45) is 2.74. The Morgan fingerprint density at radius 2 is 1.91 bits per heavy atom. The van der Waals surface area contributed by atoms with Crippen LogP contribution in [0.15, 0.2) is 23.1 Å². The number of carbonyl (C=O) groups excluding carboxylic acids is 2. The van der Waals surface area contributed by atoms with Crippen molar-refractivity contribution in [1.82, 2.24) is 4.72 Å². The first-order valence-electron chi connectivity index (χ1n) is 7.19. The van der Waals surface area contributed by atoms with Gasteiger partial charge in [-0.2, -0.15) is 0 Å². The third-order valence-corrected chi connectivity index (χ3v) is 4.62.